The Hall–Kier alpha value is -0.900. The van der Waals surface area contributed by atoms with Crippen LogP contribution >= 0.6 is 22.9 Å². The van der Waals surface area contributed by atoms with Crippen molar-refractivity contribution in [1.82, 2.24) is 5.32 Å². The third-order valence-electron chi connectivity index (χ3n) is 2.94. The Morgan fingerprint density at radius 2 is 2.11 bits per heavy atom. The average Bonchev–Trinajstić information content (AvgIpc) is 2.81. The molecule has 0 radical (unpaired) electrons. The lowest BCUT2D eigenvalue weighted by Crippen LogP contribution is -2.22. The number of hydrogen-bond acceptors (Lipinski definition) is 2. The first-order valence-corrected chi connectivity index (χ1v) is 7.56. The molecule has 1 nitrogen and oxygen atoms in total. The third kappa shape index (κ3) is 3.35. The average molecular weight is 298 g/mol. The molecule has 4 heteroatoms. The van der Waals surface area contributed by atoms with Crippen LogP contribution in [0.25, 0.3) is 0 Å². The Morgan fingerprint density at radius 3 is 2.74 bits per heavy atom. The molecule has 0 bridgehead atoms. The highest BCUT2D eigenvalue weighted by Crippen LogP contribution is 2.33. The predicted molar refractivity (Wildman–Crippen MR) is 80.6 cm³/mol. The molecule has 0 fully saturated rings. The molecule has 1 heterocycles. The van der Waals surface area contributed by atoms with Crippen LogP contribution in [0.4, 0.5) is 4.39 Å². The topological polar surface area (TPSA) is 12.0 Å². The molecule has 2 aromatic rings. The quantitative estimate of drug-likeness (QED) is 0.824. The fraction of sp³-hybridized carbons (Fsp3) is 0.333. The van der Waals surface area contributed by atoms with Crippen LogP contribution in [-0.2, 0) is 0 Å². The lowest BCUT2D eigenvalue weighted by atomic mass is 10.0. The molecular weight excluding hydrogens is 281 g/mol. The minimum Gasteiger partial charge on any atom is -0.306 e. The van der Waals surface area contributed by atoms with Gasteiger partial charge in [-0.2, -0.15) is 0 Å². The van der Waals surface area contributed by atoms with Crippen LogP contribution < -0.4 is 5.32 Å². The highest BCUT2D eigenvalue weighted by atomic mass is 35.5. The van der Waals surface area contributed by atoms with Gasteiger partial charge in [0.1, 0.15) is 5.82 Å². The van der Waals surface area contributed by atoms with Gasteiger partial charge in [-0.25, -0.2) is 4.39 Å². The normalized spacial score (nSPS) is 12.6. The van der Waals surface area contributed by atoms with Crippen molar-refractivity contribution in [3.05, 3.63) is 56.5 Å². The van der Waals surface area contributed by atoms with Crippen LogP contribution in [0.1, 0.15) is 34.7 Å². The first-order chi connectivity index (χ1) is 9.13. The fourth-order valence-electron chi connectivity index (χ4n) is 2.00. The van der Waals surface area contributed by atoms with Crippen LogP contribution in [0.15, 0.2) is 30.3 Å². The van der Waals surface area contributed by atoms with Gasteiger partial charge in [0.05, 0.1) is 11.1 Å². The second kappa shape index (κ2) is 6.51. The largest absolute Gasteiger partial charge is 0.306 e. The molecule has 2 rings (SSSR count). The smallest absolute Gasteiger partial charge is 0.142 e. The Morgan fingerprint density at radius 1 is 1.32 bits per heavy atom. The molecular formula is C15H17ClFNS. The summed E-state index contributed by atoms with van der Waals surface area (Å²) in [5.74, 6) is -0.365. The predicted octanol–water partition coefficient (Wildman–Crippen LogP) is 4.94. The summed E-state index contributed by atoms with van der Waals surface area (Å²) in [7, 11) is 0. The molecule has 1 atom stereocenters. The van der Waals surface area contributed by atoms with Crippen LogP contribution in [0.5, 0.6) is 0 Å². The lowest BCUT2D eigenvalue weighted by Gasteiger charge is -2.19. The Kier molecular flexibility index (Phi) is 4.97. The van der Waals surface area contributed by atoms with Gasteiger partial charge in [0.25, 0.3) is 0 Å². The molecule has 1 unspecified atom stereocenters. The van der Waals surface area contributed by atoms with E-state index in [-0.39, 0.29) is 16.9 Å². The summed E-state index contributed by atoms with van der Waals surface area (Å²) in [5, 5.41) is 3.65. The lowest BCUT2D eigenvalue weighted by molar-refractivity contribution is 0.591. The molecule has 0 spiro atoms. The molecule has 19 heavy (non-hydrogen) atoms. The third-order valence-corrected chi connectivity index (χ3v) is 4.40. The number of thiophene rings is 1. The maximum Gasteiger partial charge on any atom is 0.142 e. The maximum atomic E-state index is 13.6. The first kappa shape index (κ1) is 14.5. The summed E-state index contributed by atoms with van der Waals surface area (Å²) in [4.78, 5) is 2.41. The maximum absolute atomic E-state index is 13.6. The number of halogens is 2. The highest BCUT2D eigenvalue weighted by Gasteiger charge is 2.19. The number of benzene rings is 1. The van der Waals surface area contributed by atoms with Gasteiger partial charge in [-0.1, -0.05) is 30.7 Å². The molecule has 0 aliphatic rings. The van der Waals surface area contributed by atoms with E-state index in [1.54, 1.807) is 17.4 Å². The van der Waals surface area contributed by atoms with Gasteiger partial charge in [0.15, 0.2) is 0 Å². The van der Waals surface area contributed by atoms with Crippen LogP contribution in [0.2, 0.25) is 5.02 Å². The molecule has 0 aliphatic heterocycles. The summed E-state index contributed by atoms with van der Waals surface area (Å²) in [6, 6.07) is 9.10. The summed E-state index contributed by atoms with van der Waals surface area (Å²) in [6.07, 6.45) is 1.02. The summed E-state index contributed by atoms with van der Waals surface area (Å²) in [5.41, 5.74) is 0.803. The van der Waals surface area contributed by atoms with Crippen LogP contribution in [-0.4, -0.2) is 6.54 Å². The fourth-order valence-corrected chi connectivity index (χ4v) is 3.21. The second-order valence-corrected chi connectivity index (χ2v) is 6.18. The van der Waals surface area contributed by atoms with Crippen LogP contribution in [0.3, 0.4) is 0 Å². The zero-order chi connectivity index (χ0) is 13.8. The van der Waals surface area contributed by atoms with Gasteiger partial charge in [0.2, 0.25) is 0 Å². The van der Waals surface area contributed by atoms with Gasteiger partial charge in [-0.05, 0) is 43.7 Å². The number of rotatable bonds is 5. The van der Waals surface area contributed by atoms with Crippen LogP contribution in [0, 0.1) is 12.7 Å². The van der Waals surface area contributed by atoms with Crippen molar-refractivity contribution < 1.29 is 4.39 Å². The van der Waals surface area contributed by atoms with E-state index in [1.807, 2.05) is 6.07 Å². The summed E-state index contributed by atoms with van der Waals surface area (Å²) < 4.78 is 13.6. The molecule has 0 aliphatic carbocycles. The van der Waals surface area contributed by atoms with Crippen molar-refractivity contribution in [3.8, 4) is 0 Å². The Labute approximate surface area is 122 Å². The van der Waals surface area contributed by atoms with E-state index >= 15 is 0 Å². The molecule has 0 saturated heterocycles. The summed E-state index contributed by atoms with van der Waals surface area (Å²) in [6.45, 7) is 5.05. The van der Waals surface area contributed by atoms with Gasteiger partial charge in [-0.15, -0.1) is 11.3 Å². The van der Waals surface area contributed by atoms with Gasteiger partial charge in [0, 0.05) is 9.75 Å². The van der Waals surface area contributed by atoms with Crippen molar-refractivity contribution in [2.24, 2.45) is 0 Å². The van der Waals surface area contributed by atoms with E-state index in [4.69, 9.17) is 11.6 Å². The van der Waals surface area contributed by atoms with E-state index in [9.17, 15) is 4.39 Å². The molecule has 0 amide bonds. The Bertz CT molecular complexity index is 553. The zero-order valence-electron chi connectivity index (χ0n) is 11.0. The SMILES string of the molecule is CCCNC(c1ccc(C)s1)c1cccc(F)c1Cl. The molecule has 102 valence electrons. The first-order valence-electron chi connectivity index (χ1n) is 6.37. The molecule has 1 N–H and O–H groups in total. The van der Waals surface area contributed by atoms with E-state index in [0.29, 0.717) is 0 Å². The molecule has 1 aromatic carbocycles. The minimum atomic E-state index is -0.365. The highest BCUT2D eigenvalue weighted by molar-refractivity contribution is 7.12. The second-order valence-electron chi connectivity index (χ2n) is 4.48. The van der Waals surface area contributed by atoms with Crippen molar-refractivity contribution in [3.63, 3.8) is 0 Å². The van der Waals surface area contributed by atoms with Gasteiger partial charge >= 0.3 is 0 Å². The van der Waals surface area contributed by atoms with Crippen molar-refractivity contribution in [2.75, 3.05) is 6.54 Å². The number of hydrogen-bond donors (Lipinski definition) is 1. The molecule has 0 saturated carbocycles. The standard InChI is InChI=1S/C15H17ClFNS/c1-3-9-18-15(13-8-7-10(2)19-13)11-5-4-6-12(17)14(11)16/h4-8,15,18H,3,9H2,1-2H3. The van der Waals surface area contributed by atoms with Crippen molar-refractivity contribution in [1.29, 1.82) is 0 Å². The monoisotopic (exact) mass is 297 g/mol. The number of nitrogens with one attached hydrogen (secondary N) is 1. The molecule has 1 aromatic heterocycles. The van der Waals surface area contributed by atoms with Crippen molar-refractivity contribution in [2.45, 2.75) is 26.3 Å². The summed E-state index contributed by atoms with van der Waals surface area (Å²) >= 11 is 7.83. The van der Waals surface area contributed by atoms with E-state index in [0.717, 1.165) is 18.5 Å². The van der Waals surface area contributed by atoms with Gasteiger partial charge in [-0.3, -0.25) is 0 Å². The van der Waals surface area contributed by atoms with E-state index < -0.39 is 0 Å². The Balaban J connectivity index is 2.39. The van der Waals surface area contributed by atoms with E-state index in [1.165, 1.54) is 15.8 Å². The van der Waals surface area contributed by atoms with Gasteiger partial charge < -0.3 is 5.32 Å². The zero-order valence-corrected chi connectivity index (χ0v) is 12.6. The number of aryl methyl sites for hydroxylation is 1. The minimum absolute atomic E-state index is 0.0400. The van der Waals surface area contributed by atoms with Crippen molar-refractivity contribution >= 4 is 22.9 Å². The van der Waals surface area contributed by atoms with E-state index in [2.05, 4.69) is 31.3 Å².